The molecular formula is C16H17NO3S. The fourth-order valence-electron chi connectivity index (χ4n) is 2.24. The zero-order valence-electron chi connectivity index (χ0n) is 11.8. The lowest BCUT2D eigenvalue weighted by atomic mass is 10.2. The van der Waals surface area contributed by atoms with Crippen LogP contribution in [0.5, 0.6) is 5.75 Å². The lowest BCUT2D eigenvalue weighted by molar-refractivity contribution is 0.102. The minimum atomic E-state index is -0.104. The fraction of sp³-hybridized carbons (Fsp3) is 0.312. The normalized spacial score (nSPS) is 17.7. The maximum absolute atomic E-state index is 12.3. The number of amides is 1. The van der Waals surface area contributed by atoms with Gasteiger partial charge >= 0.3 is 0 Å². The third-order valence-electron chi connectivity index (χ3n) is 3.42. The number of aryl methyl sites for hydroxylation is 1. The van der Waals surface area contributed by atoms with E-state index in [1.807, 2.05) is 41.9 Å². The molecule has 1 aromatic carbocycles. The number of rotatable bonds is 4. The Morgan fingerprint density at radius 1 is 1.38 bits per heavy atom. The Morgan fingerprint density at radius 3 is 2.95 bits per heavy atom. The lowest BCUT2D eigenvalue weighted by Gasteiger charge is -2.16. The highest BCUT2D eigenvalue weighted by Crippen LogP contribution is 2.27. The molecule has 1 aliphatic rings. The molecule has 3 rings (SSSR count). The van der Waals surface area contributed by atoms with E-state index in [-0.39, 0.29) is 12.0 Å². The molecule has 1 saturated heterocycles. The molecule has 21 heavy (non-hydrogen) atoms. The first-order valence-corrected chi connectivity index (χ1v) is 7.86. The smallest absolute Gasteiger partial charge is 0.256 e. The number of hydrogen-bond donors (Lipinski definition) is 1. The van der Waals surface area contributed by atoms with E-state index in [1.165, 1.54) is 11.3 Å². The summed E-state index contributed by atoms with van der Waals surface area (Å²) in [5, 5.41) is 6.76. The highest BCUT2D eigenvalue weighted by molar-refractivity contribution is 7.08. The van der Waals surface area contributed by atoms with E-state index in [0.717, 1.165) is 18.6 Å². The van der Waals surface area contributed by atoms with Crippen LogP contribution in [0.1, 0.15) is 22.3 Å². The molecule has 0 bridgehead atoms. The van der Waals surface area contributed by atoms with Gasteiger partial charge in [0.1, 0.15) is 11.9 Å². The van der Waals surface area contributed by atoms with Crippen molar-refractivity contribution in [3.05, 3.63) is 46.2 Å². The van der Waals surface area contributed by atoms with Gasteiger partial charge in [-0.2, -0.15) is 11.3 Å². The van der Waals surface area contributed by atoms with Crippen molar-refractivity contribution in [3.63, 3.8) is 0 Å². The van der Waals surface area contributed by atoms with Crippen molar-refractivity contribution < 1.29 is 14.3 Å². The van der Waals surface area contributed by atoms with E-state index in [9.17, 15) is 4.79 Å². The summed E-state index contributed by atoms with van der Waals surface area (Å²) >= 11 is 1.53. The SMILES string of the molecule is Cc1cscc1C(=O)Nc1ccccc1O[C@H]1CCOC1. The van der Waals surface area contributed by atoms with Crippen LogP contribution in [-0.2, 0) is 4.74 Å². The van der Waals surface area contributed by atoms with Crippen molar-refractivity contribution in [1.29, 1.82) is 0 Å². The van der Waals surface area contributed by atoms with Gasteiger partial charge in [-0.15, -0.1) is 0 Å². The third-order valence-corrected chi connectivity index (χ3v) is 4.28. The van der Waals surface area contributed by atoms with Crippen molar-refractivity contribution >= 4 is 22.9 Å². The second-order valence-electron chi connectivity index (χ2n) is 5.02. The number of para-hydroxylation sites is 2. The molecule has 1 fully saturated rings. The van der Waals surface area contributed by atoms with Gasteiger partial charge in [0, 0.05) is 11.8 Å². The molecule has 0 unspecified atom stereocenters. The van der Waals surface area contributed by atoms with Crippen LogP contribution in [0.25, 0.3) is 0 Å². The Balaban J connectivity index is 1.75. The quantitative estimate of drug-likeness (QED) is 0.940. The van der Waals surface area contributed by atoms with Crippen molar-refractivity contribution in [2.24, 2.45) is 0 Å². The number of benzene rings is 1. The highest BCUT2D eigenvalue weighted by atomic mass is 32.1. The molecule has 1 atom stereocenters. The van der Waals surface area contributed by atoms with Gasteiger partial charge < -0.3 is 14.8 Å². The minimum absolute atomic E-state index is 0.0611. The highest BCUT2D eigenvalue weighted by Gasteiger charge is 2.19. The molecule has 1 aliphatic heterocycles. The van der Waals surface area contributed by atoms with Gasteiger partial charge in [-0.3, -0.25) is 4.79 Å². The average molecular weight is 303 g/mol. The number of hydrogen-bond acceptors (Lipinski definition) is 4. The second-order valence-corrected chi connectivity index (χ2v) is 5.77. The van der Waals surface area contributed by atoms with Crippen LogP contribution in [0.4, 0.5) is 5.69 Å². The third kappa shape index (κ3) is 3.25. The van der Waals surface area contributed by atoms with E-state index >= 15 is 0 Å². The summed E-state index contributed by atoms with van der Waals surface area (Å²) in [6.45, 7) is 3.27. The van der Waals surface area contributed by atoms with Crippen molar-refractivity contribution in [2.45, 2.75) is 19.4 Å². The maximum Gasteiger partial charge on any atom is 0.256 e. The van der Waals surface area contributed by atoms with E-state index in [2.05, 4.69) is 5.32 Å². The Morgan fingerprint density at radius 2 is 2.24 bits per heavy atom. The molecule has 0 spiro atoms. The summed E-state index contributed by atoms with van der Waals surface area (Å²) in [5.41, 5.74) is 2.39. The second kappa shape index (κ2) is 6.28. The molecule has 110 valence electrons. The molecule has 0 radical (unpaired) electrons. The Hall–Kier alpha value is -1.85. The molecule has 0 aliphatic carbocycles. The topological polar surface area (TPSA) is 47.6 Å². The molecule has 4 nitrogen and oxygen atoms in total. The van der Waals surface area contributed by atoms with Crippen LogP contribution in [-0.4, -0.2) is 25.2 Å². The van der Waals surface area contributed by atoms with Crippen LogP contribution in [0, 0.1) is 6.92 Å². The van der Waals surface area contributed by atoms with Gasteiger partial charge in [-0.1, -0.05) is 12.1 Å². The molecule has 2 heterocycles. The van der Waals surface area contributed by atoms with Crippen molar-refractivity contribution in [2.75, 3.05) is 18.5 Å². The van der Waals surface area contributed by atoms with Gasteiger partial charge in [-0.05, 0) is 30.0 Å². The lowest BCUT2D eigenvalue weighted by Crippen LogP contribution is -2.18. The molecule has 0 saturated carbocycles. The number of anilines is 1. The van der Waals surface area contributed by atoms with Crippen molar-refractivity contribution in [1.82, 2.24) is 0 Å². The molecule has 2 aromatic rings. The predicted octanol–water partition coefficient (Wildman–Crippen LogP) is 3.48. The van der Waals surface area contributed by atoms with Crippen LogP contribution >= 0.6 is 11.3 Å². The van der Waals surface area contributed by atoms with Gasteiger partial charge in [0.25, 0.3) is 5.91 Å². The fourth-order valence-corrected chi connectivity index (χ4v) is 3.07. The average Bonchev–Trinajstić information content (AvgIpc) is 3.12. The van der Waals surface area contributed by atoms with Gasteiger partial charge in [0.15, 0.2) is 0 Å². The number of thiophene rings is 1. The molecule has 1 amide bonds. The molecule has 5 heteroatoms. The first kappa shape index (κ1) is 14.1. The number of nitrogens with one attached hydrogen (secondary N) is 1. The number of ether oxygens (including phenoxy) is 2. The van der Waals surface area contributed by atoms with E-state index < -0.39 is 0 Å². The first-order valence-electron chi connectivity index (χ1n) is 6.91. The van der Waals surface area contributed by atoms with Gasteiger partial charge in [-0.25, -0.2) is 0 Å². The summed E-state index contributed by atoms with van der Waals surface area (Å²) in [5.74, 6) is 0.585. The van der Waals surface area contributed by atoms with Crippen LogP contribution in [0.15, 0.2) is 35.0 Å². The summed E-state index contributed by atoms with van der Waals surface area (Å²) in [6.07, 6.45) is 0.942. The van der Waals surface area contributed by atoms with Crippen molar-refractivity contribution in [3.8, 4) is 5.75 Å². The van der Waals surface area contributed by atoms with Crippen LogP contribution in [0.3, 0.4) is 0 Å². The van der Waals surface area contributed by atoms with E-state index in [0.29, 0.717) is 23.6 Å². The summed E-state index contributed by atoms with van der Waals surface area (Å²) < 4.78 is 11.2. The standard InChI is InChI=1S/C16H17NO3S/c1-11-9-21-10-13(11)16(18)17-14-4-2-3-5-15(14)20-12-6-7-19-8-12/h2-5,9-10,12H,6-8H2,1H3,(H,17,18)/t12-/m0/s1. The Bertz CT molecular complexity index is 632. The minimum Gasteiger partial charge on any atom is -0.486 e. The number of carbonyl (C=O) groups excluding carboxylic acids is 1. The van der Waals surface area contributed by atoms with Gasteiger partial charge in [0.05, 0.1) is 24.5 Å². The summed E-state index contributed by atoms with van der Waals surface area (Å²) in [4.78, 5) is 12.3. The van der Waals surface area contributed by atoms with E-state index in [4.69, 9.17) is 9.47 Å². The zero-order chi connectivity index (χ0) is 14.7. The number of carbonyl (C=O) groups is 1. The monoisotopic (exact) mass is 303 g/mol. The van der Waals surface area contributed by atoms with Crippen LogP contribution in [0.2, 0.25) is 0 Å². The summed E-state index contributed by atoms with van der Waals surface area (Å²) in [7, 11) is 0. The maximum atomic E-state index is 12.3. The van der Waals surface area contributed by atoms with E-state index in [1.54, 1.807) is 0 Å². The molecule has 1 N–H and O–H groups in total. The summed E-state index contributed by atoms with van der Waals surface area (Å²) in [6, 6.07) is 7.50. The molecular weight excluding hydrogens is 286 g/mol. The Labute approximate surface area is 127 Å². The predicted molar refractivity (Wildman–Crippen MR) is 83.3 cm³/mol. The largest absolute Gasteiger partial charge is 0.486 e. The van der Waals surface area contributed by atoms with Crippen LogP contribution < -0.4 is 10.1 Å². The van der Waals surface area contributed by atoms with Gasteiger partial charge in [0.2, 0.25) is 0 Å². The Kier molecular flexibility index (Phi) is 4.22. The molecule has 1 aromatic heterocycles. The zero-order valence-corrected chi connectivity index (χ0v) is 12.6. The first-order chi connectivity index (χ1) is 10.2.